The quantitative estimate of drug-likeness (QED) is 0.456. The van der Waals surface area contributed by atoms with E-state index in [0.29, 0.717) is 11.6 Å². The van der Waals surface area contributed by atoms with Gasteiger partial charge in [-0.3, -0.25) is 14.4 Å². The monoisotopic (exact) mass is 390 g/mol. The lowest BCUT2D eigenvalue weighted by Crippen LogP contribution is -2.29. The Morgan fingerprint density at radius 1 is 1.12 bits per heavy atom. The molecule has 0 aromatic heterocycles. The Labute approximate surface area is 144 Å². The first kappa shape index (κ1) is 18.1. The van der Waals surface area contributed by atoms with Crippen molar-refractivity contribution in [2.75, 3.05) is 10.8 Å². The van der Waals surface area contributed by atoms with E-state index >= 15 is 0 Å². The Morgan fingerprint density at radius 3 is 2.42 bits per heavy atom. The zero-order chi connectivity index (χ0) is 19.3. The Balaban J connectivity index is 2.10. The minimum absolute atomic E-state index is 0.0251. The van der Waals surface area contributed by atoms with Gasteiger partial charge >= 0.3 is 6.18 Å². The molecule has 3 rings (SSSR count). The fraction of sp³-hybridized carbons (Fsp3) is 0.200. The van der Waals surface area contributed by atoms with Crippen LogP contribution < -0.4 is 4.31 Å². The number of non-ortho nitro benzene ring substituents is 1. The Morgan fingerprint density at radius 2 is 1.81 bits per heavy atom. The van der Waals surface area contributed by atoms with E-state index < -0.39 is 37.4 Å². The number of anilines is 1. The number of nitro benzene ring substituents is 1. The summed E-state index contributed by atoms with van der Waals surface area (Å²) in [5.74, 6) is -1.59. The third-order valence-corrected chi connectivity index (χ3v) is 5.77. The third-order valence-electron chi connectivity index (χ3n) is 3.96. The smallest absolute Gasteiger partial charge is 0.265 e. The first-order chi connectivity index (χ1) is 12.0. The first-order valence-corrected chi connectivity index (χ1v) is 8.62. The maximum atomic E-state index is 13.4. The average molecular weight is 390 g/mol. The van der Waals surface area contributed by atoms with E-state index in [1.165, 1.54) is 12.1 Å². The van der Waals surface area contributed by atoms with Crippen LogP contribution in [0.4, 0.5) is 28.9 Å². The molecule has 0 saturated heterocycles. The van der Waals surface area contributed by atoms with Crippen molar-refractivity contribution in [2.24, 2.45) is 0 Å². The van der Waals surface area contributed by atoms with Gasteiger partial charge in [-0.25, -0.2) is 12.8 Å². The molecule has 0 aliphatic carbocycles. The number of nitrogens with zero attached hydrogens (tertiary/aromatic N) is 2. The van der Waals surface area contributed by atoms with Gasteiger partial charge in [0, 0.05) is 18.7 Å². The number of fused-ring (bicyclic) bond motifs is 1. The summed E-state index contributed by atoms with van der Waals surface area (Å²) in [6.07, 6.45) is -4.81. The van der Waals surface area contributed by atoms with Crippen LogP contribution in [0.5, 0.6) is 0 Å². The molecule has 6 nitrogen and oxygen atoms in total. The number of hydrogen-bond donors (Lipinski definition) is 0. The van der Waals surface area contributed by atoms with Crippen molar-refractivity contribution in [3.63, 3.8) is 0 Å². The number of benzene rings is 2. The maximum Gasteiger partial charge on any atom is 0.419 e. The molecule has 11 heteroatoms. The van der Waals surface area contributed by atoms with Crippen molar-refractivity contribution in [1.29, 1.82) is 0 Å². The van der Waals surface area contributed by atoms with Gasteiger partial charge in [-0.05, 0) is 30.2 Å². The Hall–Kier alpha value is -2.69. The number of sulfonamides is 1. The van der Waals surface area contributed by atoms with Crippen molar-refractivity contribution in [1.82, 2.24) is 0 Å². The van der Waals surface area contributed by atoms with Crippen LogP contribution in [-0.2, 0) is 22.6 Å². The standard InChI is InChI=1S/C15H10F4N2O4S/c16-13-4-3-11(8-12(13)15(17,18)19)26(24,25)20-6-5-9-1-2-10(21(22)23)7-14(9)20/h1-4,7-8H,5-6H2. The SMILES string of the molecule is O=[N+]([O-])c1ccc2c(c1)N(S(=O)(=O)c1ccc(F)c(C(F)(F)F)c1)CC2. The third kappa shape index (κ3) is 2.98. The van der Waals surface area contributed by atoms with Gasteiger partial charge in [-0.15, -0.1) is 0 Å². The van der Waals surface area contributed by atoms with Gasteiger partial charge in [0.25, 0.3) is 15.7 Å². The largest absolute Gasteiger partial charge is 0.419 e. The summed E-state index contributed by atoms with van der Waals surface area (Å²) in [5, 5.41) is 10.9. The van der Waals surface area contributed by atoms with Crippen molar-refractivity contribution in [3.05, 3.63) is 63.5 Å². The summed E-state index contributed by atoms with van der Waals surface area (Å²) in [6.45, 7) is -0.0858. The molecule has 26 heavy (non-hydrogen) atoms. The van der Waals surface area contributed by atoms with E-state index in [1.54, 1.807) is 0 Å². The molecule has 0 spiro atoms. The van der Waals surface area contributed by atoms with Crippen LogP contribution in [0.25, 0.3) is 0 Å². The zero-order valence-electron chi connectivity index (χ0n) is 12.8. The van der Waals surface area contributed by atoms with Crippen LogP contribution in [0.15, 0.2) is 41.3 Å². The zero-order valence-corrected chi connectivity index (χ0v) is 13.6. The fourth-order valence-corrected chi connectivity index (χ4v) is 4.23. The summed E-state index contributed by atoms with van der Waals surface area (Å²) < 4.78 is 78.2. The van der Waals surface area contributed by atoms with Gasteiger partial charge in [0.1, 0.15) is 5.82 Å². The van der Waals surface area contributed by atoms with E-state index in [1.807, 2.05) is 0 Å². The average Bonchev–Trinajstić information content (AvgIpc) is 2.97. The van der Waals surface area contributed by atoms with Crippen molar-refractivity contribution in [3.8, 4) is 0 Å². The molecule has 0 fully saturated rings. The van der Waals surface area contributed by atoms with Crippen LogP contribution in [0, 0.1) is 15.9 Å². The Bertz CT molecular complexity index is 1010. The van der Waals surface area contributed by atoms with Crippen LogP contribution in [0.1, 0.15) is 11.1 Å². The second kappa shape index (κ2) is 5.94. The number of alkyl halides is 3. The van der Waals surface area contributed by atoms with Gasteiger partial charge in [0.2, 0.25) is 0 Å². The molecule has 0 saturated carbocycles. The Kier molecular flexibility index (Phi) is 4.14. The lowest BCUT2D eigenvalue weighted by atomic mass is 10.1. The normalized spacial score (nSPS) is 14.4. The van der Waals surface area contributed by atoms with E-state index in [2.05, 4.69) is 0 Å². The molecule has 0 atom stereocenters. The molecule has 1 heterocycles. The summed E-state index contributed by atoms with van der Waals surface area (Å²) in [7, 11) is -4.45. The molecule has 1 aliphatic heterocycles. The highest BCUT2D eigenvalue weighted by Gasteiger charge is 2.37. The van der Waals surface area contributed by atoms with Crippen molar-refractivity contribution >= 4 is 21.4 Å². The van der Waals surface area contributed by atoms with Crippen LogP contribution in [0.3, 0.4) is 0 Å². The van der Waals surface area contributed by atoms with Gasteiger partial charge in [-0.2, -0.15) is 13.2 Å². The van der Waals surface area contributed by atoms with E-state index in [-0.39, 0.29) is 30.4 Å². The fourth-order valence-electron chi connectivity index (χ4n) is 2.71. The first-order valence-electron chi connectivity index (χ1n) is 7.18. The molecule has 138 valence electrons. The lowest BCUT2D eigenvalue weighted by molar-refractivity contribution is -0.384. The van der Waals surface area contributed by atoms with Crippen LogP contribution in [-0.4, -0.2) is 19.9 Å². The summed E-state index contributed by atoms with van der Waals surface area (Å²) in [6, 6.07) is 5.05. The minimum Gasteiger partial charge on any atom is -0.265 e. The van der Waals surface area contributed by atoms with Gasteiger partial charge < -0.3 is 0 Å². The molecular weight excluding hydrogens is 380 g/mol. The predicted molar refractivity (Wildman–Crippen MR) is 82.7 cm³/mol. The highest BCUT2D eigenvalue weighted by atomic mass is 32.2. The van der Waals surface area contributed by atoms with Crippen molar-refractivity contribution in [2.45, 2.75) is 17.5 Å². The van der Waals surface area contributed by atoms with E-state index in [4.69, 9.17) is 0 Å². The molecule has 0 bridgehead atoms. The molecule has 2 aromatic carbocycles. The molecule has 0 amide bonds. The van der Waals surface area contributed by atoms with Gasteiger partial charge in [0.15, 0.2) is 0 Å². The number of nitro groups is 1. The molecular formula is C15H10F4N2O4S. The summed E-state index contributed by atoms with van der Waals surface area (Å²) >= 11 is 0. The molecule has 1 aliphatic rings. The second-order valence-electron chi connectivity index (χ2n) is 5.54. The van der Waals surface area contributed by atoms with Gasteiger partial charge in [0.05, 0.1) is 21.1 Å². The molecule has 2 aromatic rings. The maximum absolute atomic E-state index is 13.4. The minimum atomic E-state index is -5.06. The predicted octanol–water partition coefficient (Wildman–Crippen LogP) is 3.50. The second-order valence-corrected chi connectivity index (χ2v) is 7.40. The van der Waals surface area contributed by atoms with Crippen molar-refractivity contribution < 1.29 is 30.9 Å². The van der Waals surface area contributed by atoms with E-state index in [0.717, 1.165) is 16.4 Å². The molecule has 0 unspecified atom stereocenters. The number of rotatable bonds is 3. The van der Waals surface area contributed by atoms with Gasteiger partial charge in [-0.1, -0.05) is 6.07 Å². The molecule has 0 radical (unpaired) electrons. The number of halogens is 4. The highest BCUT2D eigenvalue weighted by molar-refractivity contribution is 7.92. The highest BCUT2D eigenvalue weighted by Crippen LogP contribution is 2.37. The number of hydrogen-bond acceptors (Lipinski definition) is 4. The summed E-state index contributed by atoms with van der Waals surface area (Å²) in [4.78, 5) is 9.44. The summed E-state index contributed by atoms with van der Waals surface area (Å²) in [5.41, 5.74) is -1.51. The topological polar surface area (TPSA) is 80.5 Å². The van der Waals surface area contributed by atoms with E-state index in [9.17, 15) is 36.1 Å². The lowest BCUT2D eigenvalue weighted by Gasteiger charge is -2.20. The van der Waals surface area contributed by atoms with Crippen LogP contribution in [0.2, 0.25) is 0 Å². The molecule has 0 N–H and O–H groups in total. The van der Waals surface area contributed by atoms with Crippen LogP contribution >= 0.6 is 0 Å².